The molecule has 2 heterocycles. The molecule has 0 saturated carbocycles. The maximum Gasteiger partial charge on any atom is 0.294 e. The molecule has 1 aliphatic heterocycles. The molecule has 6 heteroatoms. The summed E-state index contributed by atoms with van der Waals surface area (Å²) in [6.45, 7) is 2.51. The normalized spacial score (nSPS) is 14.2. The van der Waals surface area contributed by atoms with Crippen molar-refractivity contribution >= 4 is 50.9 Å². The third-order valence-corrected chi connectivity index (χ3v) is 4.78. The molecule has 1 aliphatic rings. The molecule has 2 aromatic rings. The van der Waals surface area contributed by atoms with E-state index in [1.807, 2.05) is 25.1 Å². The molecule has 0 radical (unpaired) electrons. The first kappa shape index (κ1) is 14.0. The number of halogens is 2. The second kappa shape index (κ2) is 5.47. The summed E-state index contributed by atoms with van der Waals surface area (Å²) in [6, 6.07) is 7.42. The predicted molar refractivity (Wildman–Crippen MR) is 85.0 cm³/mol. The summed E-state index contributed by atoms with van der Waals surface area (Å²) in [5.74, 6) is 1.10. The molecule has 0 fully saturated rings. The van der Waals surface area contributed by atoms with E-state index in [-0.39, 0.29) is 5.91 Å². The Morgan fingerprint density at radius 1 is 1.45 bits per heavy atom. The Kier molecular flexibility index (Phi) is 3.84. The van der Waals surface area contributed by atoms with Gasteiger partial charge in [-0.25, -0.2) is 0 Å². The van der Waals surface area contributed by atoms with Crippen molar-refractivity contribution in [3.63, 3.8) is 0 Å². The molecule has 0 atom stereocenters. The molecule has 1 aromatic heterocycles. The van der Waals surface area contributed by atoms with E-state index in [4.69, 9.17) is 16.0 Å². The zero-order valence-corrected chi connectivity index (χ0v) is 13.8. The van der Waals surface area contributed by atoms with Gasteiger partial charge in [0.15, 0.2) is 10.4 Å². The Bertz CT molecular complexity index is 686. The summed E-state index contributed by atoms with van der Waals surface area (Å²) in [6.07, 6.45) is 0. The molecule has 0 unspecified atom stereocenters. The van der Waals surface area contributed by atoms with Gasteiger partial charge < -0.3 is 9.32 Å². The number of hydrogen-bond acceptors (Lipinski definition) is 3. The first-order chi connectivity index (χ1) is 9.56. The molecular formula is C14H11BrClNO2S. The molecule has 3 rings (SSSR count). The Hall–Kier alpha value is -0.910. The van der Waals surface area contributed by atoms with Gasteiger partial charge in [-0.2, -0.15) is 0 Å². The monoisotopic (exact) mass is 371 g/mol. The molecule has 0 bridgehead atoms. The molecular weight excluding hydrogens is 362 g/mol. The van der Waals surface area contributed by atoms with E-state index < -0.39 is 0 Å². The van der Waals surface area contributed by atoms with Gasteiger partial charge in [0.05, 0.1) is 5.69 Å². The Balaban J connectivity index is 2.02. The number of carbonyl (C=O) groups is 1. The first-order valence-electron chi connectivity index (χ1n) is 6.06. The van der Waals surface area contributed by atoms with Crippen molar-refractivity contribution in [3.8, 4) is 0 Å². The molecule has 3 nitrogen and oxygen atoms in total. The zero-order valence-electron chi connectivity index (χ0n) is 10.7. The smallest absolute Gasteiger partial charge is 0.294 e. The number of fused-ring (bicyclic) bond motifs is 1. The van der Waals surface area contributed by atoms with Gasteiger partial charge in [0.25, 0.3) is 5.91 Å². The van der Waals surface area contributed by atoms with Crippen LogP contribution in [0.5, 0.6) is 0 Å². The number of thioether (sulfide) groups is 1. The third-order valence-electron chi connectivity index (χ3n) is 3.11. The van der Waals surface area contributed by atoms with Crippen LogP contribution in [-0.4, -0.2) is 18.2 Å². The zero-order chi connectivity index (χ0) is 14.3. The quantitative estimate of drug-likeness (QED) is 0.724. The van der Waals surface area contributed by atoms with Crippen LogP contribution in [0.4, 0.5) is 5.69 Å². The number of rotatable bonds is 1. The molecule has 0 aliphatic carbocycles. The number of benzene rings is 1. The van der Waals surface area contributed by atoms with Gasteiger partial charge in [0, 0.05) is 27.8 Å². The summed E-state index contributed by atoms with van der Waals surface area (Å²) in [5, 5.41) is 0.626. The summed E-state index contributed by atoms with van der Waals surface area (Å²) in [4.78, 5) is 15.5. The summed E-state index contributed by atoms with van der Waals surface area (Å²) >= 11 is 11.0. The number of carbonyl (C=O) groups excluding carboxylic acids is 1. The highest BCUT2D eigenvalue weighted by molar-refractivity contribution is 9.10. The fourth-order valence-electron chi connectivity index (χ4n) is 2.18. The Morgan fingerprint density at radius 2 is 2.25 bits per heavy atom. The van der Waals surface area contributed by atoms with Crippen LogP contribution in [0.2, 0.25) is 5.02 Å². The fourth-order valence-corrected chi connectivity index (χ4v) is 3.83. The van der Waals surface area contributed by atoms with Crippen molar-refractivity contribution < 1.29 is 9.21 Å². The number of anilines is 1. The number of nitrogens with zero attached hydrogens (tertiary/aromatic N) is 1. The lowest BCUT2D eigenvalue weighted by molar-refractivity contribution is 0.0959. The number of furan rings is 1. The van der Waals surface area contributed by atoms with Gasteiger partial charge in [-0.05, 0) is 47.1 Å². The van der Waals surface area contributed by atoms with E-state index in [1.54, 1.807) is 22.7 Å². The van der Waals surface area contributed by atoms with Crippen LogP contribution in [0.15, 0.2) is 38.2 Å². The van der Waals surface area contributed by atoms with Crippen LogP contribution >= 0.6 is 39.3 Å². The van der Waals surface area contributed by atoms with Crippen LogP contribution in [0.25, 0.3) is 0 Å². The van der Waals surface area contributed by atoms with Crippen LogP contribution in [0.3, 0.4) is 0 Å². The summed E-state index contributed by atoms with van der Waals surface area (Å²) < 4.78 is 6.03. The van der Waals surface area contributed by atoms with Gasteiger partial charge in [-0.15, -0.1) is 11.8 Å². The minimum Gasteiger partial charge on any atom is -0.444 e. The van der Waals surface area contributed by atoms with E-state index in [1.165, 1.54) is 0 Å². The van der Waals surface area contributed by atoms with Crippen LogP contribution < -0.4 is 4.90 Å². The lowest BCUT2D eigenvalue weighted by atomic mass is 10.2. The average molecular weight is 373 g/mol. The summed E-state index contributed by atoms with van der Waals surface area (Å²) in [5.41, 5.74) is 1.68. The van der Waals surface area contributed by atoms with E-state index >= 15 is 0 Å². The van der Waals surface area contributed by atoms with Crippen molar-refractivity contribution in [2.45, 2.75) is 11.8 Å². The second-order valence-electron chi connectivity index (χ2n) is 4.48. The summed E-state index contributed by atoms with van der Waals surface area (Å²) in [7, 11) is 0. The van der Waals surface area contributed by atoms with Crippen molar-refractivity contribution in [2.24, 2.45) is 0 Å². The standard InChI is InChI=1S/C14H11BrClNO2S/c1-8-6-12(15)19-13(8)14(18)17-4-5-20-11-3-2-9(16)7-10(11)17/h2-3,6-7H,4-5H2,1H3. The molecule has 104 valence electrons. The third kappa shape index (κ3) is 2.50. The maximum atomic E-state index is 12.7. The van der Waals surface area contributed by atoms with E-state index in [2.05, 4.69) is 15.9 Å². The lowest BCUT2D eigenvalue weighted by Gasteiger charge is -2.28. The van der Waals surface area contributed by atoms with Crippen LogP contribution in [-0.2, 0) is 0 Å². The van der Waals surface area contributed by atoms with Gasteiger partial charge in [-0.1, -0.05) is 11.6 Å². The predicted octanol–water partition coefficient (Wildman–Crippen LogP) is 4.76. The Morgan fingerprint density at radius 3 is 2.95 bits per heavy atom. The molecule has 0 saturated heterocycles. The molecule has 1 amide bonds. The lowest BCUT2D eigenvalue weighted by Crippen LogP contribution is -2.35. The van der Waals surface area contributed by atoms with E-state index in [9.17, 15) is 4.79 Å². The highest BCUT2D eigenvalue weighted by Gasteiger charge is 2.27. The van der Waals surface area contributed by atoms with Crippen molar-refractivity contribution in [3.05, 3.63) is 45.3 Å². The van der Waals surface area contributed by atoms with Crippen molar-refractivity contribution in [2.75, 3.05) is 17.2 Å². The SMILES string of the molecule is Cc1cc(Br)oc1C(=O)N1CCSc2ccc(Cl)cc21. The topological polar surface area (TPSA) is 33.5 Å². The molecule has 0 N–H and O–H groups in total. The number of amides is 1. The average Bonchev–Trinajstić information content (AvgIpc) is 2.76. The highest BCUT2D eigenvalue weighted by Crippen LogP contribution is 2.37. The minimum absolute atomic E-state index is 0.128. The number of hydrogen-bond donors (Lipinski definition) is 0. The van der Waals surface area contributed by atoms with Crippen LogP contribution in [0.1, 0.15) is 16.1 Å². The van der Waals surface area contributed by atoms with Crippen molar-refractivity contribution in [1.82, 2.24) is 0 Å². The van der Waals surface area contributed by atoms with Gasteiger partial charge in [0.1, 0.15) is 0 Å². The maximum absolute atomic E-state index is 12.7. The van der Waals surface area contributed by atoms with Crippen molar-refractivity contribution in [1.29, 1.82) is 0 Å². The van der Waals surface area contributed by atoms with Gasteiger partial charge in [-0.3, -0.25) is 4.79 Å². The second-order valence-corrected chi connectivity index (χ2v) is 6.83. The van der Waals surface area contributed by atoms with E-state index in [0.29, 0.717) is 22.0 Å². The molecule has 0 spiro atoms. The highest BCUT2D eigenvalue weighted by atomic mass is 79.9. The molecule has 20 heavy (non-hydrogen) atoms. The van der Waals surface area contributed by atoms with Gasteiger partial charge >= 0.3 is 0 Å². The van der Waals surface area contributed by atoms with E-state index in [0.717, 1.165) is 21.9 Å². The fraction of sp³-hybridized carbons (Fsp3) is 0.214. The van der Waals surface area contributed by atoms with Crippen LogP contribution in [0, 0.1) is 6.92 Å². The first-order valence-corrected chi connectivity index (χ1v) is 8.22. The largest absolute Gasteiger partial charge is 0.444 e. The minimum atomic E-state index is -0.128. The molecule has 1 aromatic carbocycles. The Labute approximate surface area is 134 Å². The van der Waals surface area contributed by atoms with Gasteiger partial charge in [0.2, 0.25) is 0 Å². The number of aryl methyl sites for hydroxylation is 1.